The summed E-state index contributed by atoms with van der Waals surface area (Å²) in [6.07, 6.45) is 5.32. The van der Waals surface area contributed by atoms with Crippen LogP contribution in [0.1, 0.15) is 67.8 Å². The first-order valence-electron chi connectivity index (χ1n) is 13.1. The molecule has 10 heteroatoms. The number of benzene rings is 2. The Hall–Kier alpha value is -3.40. The molecule has 1 fully saturated rings. The van der Waals surface area contributed by atoms with Crippen molar-refractivity contribution in [3.63, 3.8) is 0 Å². The zero-order valence-corrected chi connectivity index (χ0v) is 22.7. The standard InChI is InChI=1S/C28H35N3O6S/c1-20(27(33)29-22-11-4-3-5-12-22)30(19-21-10-8-13-23(18-21)37-2)26(32)16-9-17-31-28(34)24-14-6-7-15-25(24)38(31,35)36/h6-8,10,13-15,18,20,22H,3-5,9,11-12,16-17,19H2,1-2H3,(H,29,33)/t20-/m0/s1. The topological polar surface area (TPSA) is 113 Å². The molecule has 1 atom stereocenters. The van der Waals surface area contributed by atoms with Gasteiger partial charge in [0.25, 0.3) is 15.9 Å². The fraction of sp³-hybridized carbons (Fsp3) is 0.464. The molecule has 2 aliphatic rings. The van der Waals surface area contributed by atoms with E-state index in [1.54, 1.807) is 32.2 Å². The van der Waals surface area contributed by atoms with Gasteiger partial charge in [-0.3, -0.25) is 14.4 Å². The first kappa shape index (κ1) is 27.6. The molecule has 0 spiro atoms. The third-order valence-electron chi connectivity index (χ3n) is 7.27. The number of ether oxygens (including phenoxy) is 1. The molecule has 1 N–H and O–H groups in total. The largest absolute Gasteiger partial charge is 0.497 e. The Labute approximate surface area is 224 Å². The summed E-state index contributed by atoms with van der Waals surface area (Å²) in [6, 6.07) is 12.8. The molecule has 3 amide bonds. The number of sulfonamides is 1. The van der Waals surface area contributed by atoms with E-state index in [1.807, 2.05) is 18.2 Å². The number of methoxy groups -OCH3 is 1. The van der Waals surface area contributed by atoms with Crippen LogP contribution >= 0.6 is 0 Å². The van der Waals surface area contributed by atoms with Crippen LogP contribution in [0.2, 0.25) is 0 Å². The van der Waals surface area contributed by atoms with Crippen molar-refractivity contribution in [3.8, 4) is 5.75 Å². The second kappa shape index (κ2) is 12.0. The van der Waals surface area contributed by atoms with Crippen LogP contribution in [-0.4, -0.2) is 61.1 Å². The number of fused-ring (bicyclic) bond motifs is 1. The molecular weight excluding hydrogens is 506 g/mol. The summed E-state index contributed by atoms with van der Waals surface area (Å²) in [6.45, 7) is 1.79. The van der Waals surface area contributed by atoms with Gasteiger partial charge in [0.15, 0.2) is 0 Å². The molecule has 38 heavy (non-hydrogen) atoms. The fourth-order valence-corrected chi connectivity index (χ4v) is 6.70. The molecule has 1 saturated carbocycles. The summed E-state index contributed by atoms with van der Waals surface area (Å²) >= 11 is 0. The van der Waals surface area contributed by atoms with Crippen molar-refractivity contribution in [2.45, 2.75) is 75.4 Å². The van der Waals surface area contributed by atoms with Crippen molar-refractivity contribution in [1.29, 1.82) is 0 Å². The Bertz CT molecular complexity index is 1290. The lowest BCUT2D eigenvalue weighted by molar-refractivity contribution is -0.141. The Morgan fingerprint density at radius 3 is 2.55 bits per heavy atom. The Morgan fingerprint density at radius 1 is 1.11 bits per heavy atom. The highest BCUT2D eigenvalue weighted by Crippen LogP contribution is 2.30. The van der Waals surface area contributed by atoms with E-state index in [-0.39, 0.29) is 54.2 Å². The van der Waals surface area contributed by atoms with Gasteiger partial charge in [0.1, 0.15) is 16.7 Å². The van der Waals surface area contributed by atoms with Crippen LogP contribution in [0.4, 0.5) is 0 Å². The Kier molecular flexibility index (Phi) is 8.71. The maximum Gasteiger partial charge on any atom is 0.269 e. The maximum atomic E-state index is 13.4. The highest BCUT2D eigenvalue weighted by Gasteiger charge is 2.40. The summed E-state index contributed by atoms with van der Waals surface area (Å²) in [7, 11) is -2.37. The minimum absolute atomic E-state index is 0.0102. The van der Waals surface area contributed by atoms with Crippen molar-refractivity contribution < 1.29 is 27.5 Å². The van der Waals surface area contributed by atoms with Gasteiger partial charge in [-0.2, -0.15) is 0 Å². The summed E-state index contributed by atoms with van der Waals surface area (Å²) in [5.41, 5.74) is 0.953. The molecule has 0 bridgehead atoms. The zero-order chi connectivity index (χ0) is 27.3. The highest BCUT2D eigenvalue weighted by atomic mass is 32.2. The molecule has 0 saturated heterocycles. The van der Waals surface area contributed by atoms with E-state index in [2.05, 4.69) is 5.32 Å². The van der Waals surface area contributed by atoms with E-state index in [0.717, 1.165) is 35.6 Å². The third-order valence-corrected chi connectivity index (χ3v) is 9.11. The van der Waals surface area contributed by atoms with Gasteiger partial charge in [0.05, 0.1) is 12.7 Å². The number of rotatable bonds is 10. The van der Waals surface area contributed by atoms with Crippen molar-refractivity contribution in [2.24, 2.45) is 0 Å². The van der Waals surface area contributed by atoms with Gasteiger partial charge in [-0.05, 0) is 56.0 Å². The molecule has 0 unspecified atom stereocenters. The molecule has 0 aromatic heterocycles. The van der Waals surface area contributed by atoms with E-state index in [0.29, 0.717) is 5.75 Å². The van der Waals surface area contributed by atoms with Crippen molar-refractivity contribution in [2.75, 3.05) is 13.7 Å². The van der Waals surface area contributed by atoms with Crippen LogP contribution in [-0.2, 0) is 26.2 Å². The van der Waals surface area contributed by atoms with Gasteiger partial charge in [-0.15, -0.1) is 0 Å². The minimum atomic E-state index is -3.94. The smallest absolute Gasteiger partial charge is 0.269 e. The van der Waals surface area contributed by atoms with E-state index in [1.165, 1.54) is 23.5 Å². The summed E-state index contributed by atoms with van der Waals surface area (Å²) < 4.78 is 31.8. The molecule has 1 aliphatic carbocycles. The number of nitrogens with zero attached hydrogens (tertiary/aromatic N) is 2. The second-order valence-electron chi connectivity index (χ2n) is 9.87. The van der Waals surface area contributed by atoms with Gasteiger partial charge in [-0.1, -0.05) is 43.5 Å². The molecule has 2 aromatic rings. The molecule has 204 valence electrons. The molecular formula is C28H35N3O6S. The number of hydrogen-bond donors (Lipinski definition) is 1. The van der Waals surface area contributed by atoms with Gasteiger partial charge < -0.3 is 15.0 Å². The van der Waals surface area contributed by atoms with Crippen LogP contribution < -0.4 is 10.1 Å². The Balaban J connectivity index is 1.45. The number of carbonyl (C=O) groups is 3. The lowest BCUT2D eigenvalue weighted by Gasteiger charge is -2.31. The second-order valence-corrected chi connectivity index (χ2v) is 11.7. The predicted molar refractivity (Wildman–Crippen MR) is 142 cm³/mol. The first-order chi connectivity index (χ1) is 18.2. The van der Waals surface area contributed by atoms with Crippen molar-refractivity contribution >= 4 is 27.7 Å². The number of nitrogens with one attached hydrogen (secondary N) is 1. The Morgan fingerprint density at radius 2 is 1.84 bits per heavy atom. The number of hydrogen-bond acceptors (Lipinski definition) is 6. The highest BCUT2D eigenvalue weighted by molar-refractivity contribution is 7.90. The molecule has 1 aliphatic heterocycles. The fourth-order valence-electron chi connectivity index (χ4n) is 5.09. The van der Waals surface area contributed by atoms with E-state index in [9.17, 15) is 22.8 Å². The lowest BCUT2D eigenvalue weighted by Crippen LogP contribution is -2.50. The van der Waals surface area contributed by atoms with Gasteiger partial charge in [0, 0.05) is 25.6 Å². The van der Waals surface area contributed by atoms with Crippen LogP contribution in [0.25, 0.3) is 0 Å². The SMILES string of the molecule is COc1cccc(CN(C(=O)CCCN2C(=O)c3ccccc3S2(=O)=O)[C@@H](C)C(=O)NC2CCCCC2)c1. The third kappa shape index (κ3) is 6.01. The average molecular weight is 542 g/mol. The van der Waals surface area contributed by atoms with E-state index < -0.39 is 22.0 Å². The van der Waals surface area contributed by atoms with Crippen LogP contribution in [0.3, 0.4) is 0 Å². The summed E-state index contributed by atoms with van der Waals surface area (Å²) in [5.74, 6) is -0.436. The molecule has 1 heterocycles. The minimum Gasteiger partial charge on any atom is -0.497 e. The lowest BCUT2D eigenvalue weighted by atomic mass is 9.95. The monoisotopic (exact) mass is 541 g/mol. The van der Waals surface area contributed by atoms with Crippen LogP contribution in [0.5, 0.6) is 5.75 Å². The number of carbonyl (C=O) groups excluding carboxylic acids is 3. The normalized spacial score (nSPS) is 17.5. The number of amides is 3. The zero-order valence-electron chi connectivity index (χ0n) is 21.9. The quantitative estimate of drug-likeness (QED) is 0.493. The summed E-state index contributed by atoms with van der Waals surface area (Å²) in [5, 5.41) is 3.10. The van der Waals surface area contributed by atoms with Crippen molar-refractivity contribution in [1.82, 2.24) is 14.5 Å². The average Bonchev–Trinajstić information content (AvgIpc) is 3.12. The predicted octanol–water partition coefficient (Wildman–Crippen LogP) is 3.49. The molecule has 0 radical (unpaired) electrons. The molecule has 9 nitrogen and oxygen atoms in total. The van der Waals surface area contributed by atoms with E-state index >= 15 is 0 Å². The first-order valence-corrected chi connectivity index (χ1v) is 14.5. The van der Waals surface area contributed by atoms with Gasteiger partial charge in [-0.25, -0.2) is 12.7 Å². The van der Waals surface area contributed by atoms with Crippen molar-refractivity contribution in [3.05, 3.63) is 59.7 Å². The molecule has 2 aromatic carbocycles. The van der Waals surface area contributed by atoms with E-state index in [4.69, 9.17) is 4.74 Å². The van der Waals surface area contributed by atoms with Gasteiger partial charge >= 0.3 is 0 Å². The van der Waals surface area contributed by atoms with Crippen LogP contribution in [0, 0.1) is 0 Å². The maximum absolute atomic E-state index is 13.4. The van der Waals surface area contributed by atoms with Gasteiger partial charge in [0.2, 0.25) is 11.8 Å². The van der Waals surface area contributed by atoms with Crippen LogP contribution in [0.15, 0.2) is 53.4 Å². The summed E-state index contributed by atoms with van der Waals surface area (Å²) in [4.78, 5) is 40.8. The molecule has 4 rings (SSSR count).